The number of rotatable bonds is 7. The van der Waals surface area contributed by atoms with Crippen LogP contribution in [0.15, 0.2) is 12.1 Å². The van der Waals surface area contributed by atoms with Gasteiger partial charge in [0.05, 0.1) is 0 Å². The van der Waals surface area contributed by atoms with E-state index in [1.807, 2.05) is 11.3 Å². The van der Waals surface area contributed by atoms with Crippen LogP contribution in [-0.4, -0.2) is 25.5 Å². The second-order valence-corrected chi connectivity index (χ2v) is 5.63. The first-order chi connectivity index (χ1) is 7.22. The van der Waals surface area contributed by atoms with Gasteiger partial charge >= 0.3 is 0 Å². The van der Waals surface area contributed by atoms with Crippen LogP contribution < -0.4 is 0 Å². The molecule has 1 aromatic heterocycles. The SMILES string of the molecule is CCCCc1ccc(CCCN(C)C)s1. The van der Waals surface area contributed by atoms with E-state index in [4.69, 9.17) is 0 Å². The highest BCUT2D eigenvalue weighted by atomic mass is 32.1. The molecule has 0 aromatic carbocycles. The Kier molecular flexibility index (Phi) is 5.96. The Morgan fingerprint density at radius 1 is 1.07 bits per heavy atom. The van der Waals surface area contributed by atoms with E-state index in [-0.39, 0.29) is 0 Å². The fourth-order valence-corrected chi connectivity index (χ4v) is 2.71. The average molecular weight is 225 g/mol. The maximum atomic E-state index is 2.31. The Hall–Kier alpha value is -0.340. The number of hydrogen-bond donors (Lipinski definition) is 0. The van der Waals surface area contributed by atoms with Crippen LogP contribution in [0.5, 0.6) is 0 Å². The molecule has 0 radical (unpaired) electrons. The smallest absolute Gasteiger partial charge is 0.00486 e. The molecule has 0 saturated heterocycles. The van der Waals surface area contributed by atoms with Crippen molar-refractivity contribution >= 4 is 11.3 Å². The average Bonchev–Trinajstić information content (AvgIpc) is 2.62. The standard InChI is InChI=1S/C13H23NS/c1-4-5-7-12-9-10-13(15-12)8-6-11-14(2)3/h9-10H,4-8,11H2,1-3H3. The monoisotopic (exact) mass is 225 g/mol. The van der Waals surface area contributed by atoms with E-state index in [1.165, 1.54) is 38.6 Å². The Morgan fingerprint density at radius 2 is 1.67 bits per heavy atom. The molecule has 1 aromatic rings. The molecule has 0 saturated carbocycles. The van der Waals surface area contributed by atoms with Crippen LogP contribution in [-0.2, 0) is 12.8 Å². The van der Waals surface area contributed by atoms with Gasteiger partial charge in [0.1, 0.15) is 0 Å². The number of thiophene rings is 1. The Labute approximate surface area is 98.1 Å². The van der Waals surface area contributed by atoms with Gasteiger partial charge in [0.2, 0.25) is 0 Å². The van der Waals surface area contributed by atoms with Gasteiger partial charge in [0.25, 0.3) is 0 Å². The molecular formula is C13H23NS. The molecule has 0 aliphatic carbocycles. The van der Waals surface area contributed by atoms with Crippen molar-refractivity contribution in [1.82, 2.24) is 4.90 Å². The molecule has 0 N–H and O–H groups in total. The minimum absolute atomic E-state index is 1.20. The van der Waals surface area contributed by atoms with Gasteiger partial charge in [-0.05, 0) is 58.5 Å². The van der Waals surface area contributed by atoms with Crippen LogP contribution >= 0.6 is 11.3 Å². The lowest BCUT2D eigenvalue weighted by atomic mass is 10.2. The minimum Gasteiger partial charge on any atom is -0.309 e. The number of nitrogens with zero attached hydrogens (tertiary/aromatic N) is 1. The fraction of sp³-hybridized carbons (Fsp3) is 0.692. The Bertz CT molecular complexity index is 265. The lowest BCUT2D eigenvalue weighted by Crippen LogP contribution is -2.13. The third-order valence-corrected chi connectivity index (χ3v) is 3.73. The van der Waals surface area contributed by atoms with E-state index in [0.29, 0.717) is 0 Å². The predicted molar refractivity (Wildman–Crippen MR) is 69.8 cm³/mol. The second-order valence-electron chi connectivity index (χ2n) is 4.38. The summed E-state index contributed by atoms with van der Waals surface area (Å²) in [6.07, 6.45) is 6.43. The van der Waals surface area contributed by atoms with Gasteiger partial charge in [-0.2, -0.15) is 0 Å². The largest absolute Gasteiger partial charge is 0.309 e. The van der Waals surface area contributed by atoms with Gasteiger partial charge in [0.15, 0.2) is 0 Å². The third kappa shape index (κ3) is 5.33. The fourth-order valence-electron chi connectivity index (χ4n) is 1.61. The molecule has 0 spiro atoms. The van der Waals surface area contributed by atoms with Crippen molar-refractivity contribution in [2.24, 2.45) is 0 Å². The highest BCUT2D eigenvalue weighted by Crippen LogP contribution is 2.19. The van der Waals surface area contributed by atoms with E-state index >= 15 is 0 Å². The Balaban J connectivity index is 2.26. The number of unbranched alkanes of at least 4 members (excludes halogenated alkanes) is 1. The second kappa shape index (κ2) is 7.02. The number of hydrogen-bond acceptors (Lipinski definition) is 2. The molecule has 0 fully saturated rings. The summed E-state index contributed by atoms with van der Waals surface area (Å²) in [5.41, 5.74) is 0. The van der Waals surface area contributed by atoms with Gasteiger partial charge in [0, 0.05) is 9.75 Å². The molecule has 0 aliphatic heterocycles. The molecule has 0 aliphatic rings. The van der Waals surface area contributed by atoms with Crippen LogP contribution in [0.25, 0.3) is 0 Å². The van der Waals surface area contributed by atoms with E-state index in [9.17, 15) is 0 Å². The molecule has 1 heterocycles. The van der Waals surface area contributed by atoms with Crippen molar-refractivity contribution in [3.8, 4) is 0 Å². The molecule has 1 nitrogen and oxygen atoms in total. The van der Waals surface area contributed by atoms with Gasteiger partial charge in [-0.1, -0.05) is 13.3 Å². The van der Waals surface area contributed by atoms with Crippen molar-refractivity contribution in [3.63, 3.8) is 0 Å². The molecule has 0 amide bonds. The summed E-state index contributed by atoms with van der Waals surface area (Å²) in [5, 5.41) is 0. The predicted octanol–water partition coefficient (Wildman–Crippen LogP) is 3.58. The van der Waals surface area contributed by atoms with Gasteiger partial charge in [-0.3, -0.25) is 0 Å². The summed E-state index contributed by atoms with van der Waals surface area (Å²) in [6, 6.07) is 4.62. The summed E-state index contributed by atoms with van der Waals surface area (Å²) in [6.45, 7) is 3.45. The molecule has 15 heavy (non-hydrogen) atoms. The first-order valence-electron chi connectivity index (χ1n) is 5.94. The van der Waals surface area contributed by atoms with E-state index in [0.717, 1.165) is 0 Å². The van der Waals surface area contributed by atoms with Gasteiger partial charge in [-0.15, -0.1) is 11.3 Å². The van der Waals surface area contributed by atoms with E-state index in [1.54, 1.807) is 9.75 Å². The van der Waals surface area contributed by atoms with Gasteiger partial charge < -0.3 is 4.90 Å². The topological polar surface area (TPSA) is 3.24 Å². The quantitative estimate of drug-likeness (QED) is 0.685. The van der Waals surface area contributed by atoms with Crippen molar-refractivity contribution in [2.75, 3.05) is 20.6 Å². The molecule has 86 valence electrons. The summed E-state index contributed by atoms with van der Waals surface area (Å²) in [7, 11) is 4.28. The van der Waals surface area contributed by atoms with Gasteiger partial charge in [-0.25, -0.2) is 0 Å². The lowest BCUT2D eigenvalue weighted by molar-refractivity contribution is 0.401. The zero-order chi connectivity index (χ0) is 11.1. The third-order valence-electron chi connectivity index (χ3n) is 2.52. The highest BCUT2D eigenvalue weighted by molar-refractivity contribution is 7.11. The first-order valence-corrected chi connectivity index (χ1v) is 6.76. The molecule has 1 rings (SSSR count). The lowest BCUT2D eigenvalue weighted by Gasteiger charge is -2.07. The normalized spacial score (nSPS) is 11.2. The number of aryl methyl sites for hydroxylation is 2. The van der Waals surface area contributed by atoms with Crippen LogP contribution in [0.1, 0.15) is 35.9 Å². The maximum Gasteiger partial charge on any atom is 0.00486 e. The zero-order valence-corrected chi connectivity index (χ0v) is 11.1. The molecule has 0 bridgehead atoms. The van der Waals surface area contributed by atoms with Crippen LogP contribution in [0.2, 0.25) is 0 Å². The maximum absolute atomic E-state index is 2.31. The minimum atomic E-state index is 1.20. The van der Waals surface area contributed by atoms with E-state index in [2.05, 4.69) is 38.1 Å². The van der Waals surface area contributed by atoms with Crippen molar-refractivity contribution in [1.29, 1.82) is 0 Å². The Morgan fingerprint density at radius 3 is 2.20 bits per heavy atom. The summed E-state index contributed by atoms with van der Waals surface area (Å²) in [5.74, 6) is 0. The van der Waals surface area contributed by atoms with Crippen LogP contribution in [0, 0.1) is 0 Å². The van der Waals surface area contributed by atoms with Crippen molar-refractivity contribution < 1.29 is 0 Å². The molecule has 0 atom stereocenters. The van der Waals surface area contributed by atoms with E-state index < -0.39 is 0 Å². The summed E-state index contributed by atoms with van der Waals surface area (Å²) < 4.78 is 0. The molecule has 0 unspecified atom stereocenters. The van der Waals surface area contributed by atoms with Crippen LogP contribution in [0.4, 0.5) is 0 Å². The summed E-state index contributed by atoms with van der Waals surface area (Å²) >= 11 is 2.01. The molecular weight excluding hydrogens is 202 g/mol. The first kappa shape index (κ1) is 12.7. The molecule has 2 heteroatoms. The summed E-state index contributed by atoms with van der Waals surface area (Å²) in [4.78, 5) is 5.38. The van der Waals surface area contributed by atoms with Crippen LogP contribution in [0.3, 0.4) is 0 Å². The highest BCUT2D eigenvalue weighted by Gasteiger charge is 2.00. The van der Waals surface area contributed by atoms with Crippen molar-refractivity contribution in [3.05, 3.63) is 21.9 Å². The van der Waals surface area contributed by atoms with Crippen molar-refractivity contribution in [2.45, 2.75) is 39.0 Å². The zero-order valence-electron chi connectivity index (χ0n) is 10.3.